The van der Waals surface area contributed by atoms with Crippen LogP contribution < -0.4 is 10.9 Å². The number of H-pyrrole nitrogens is 1. The molecule has 2 N–H and O–H groups in total. The van der Waals surface area contributed by atoms with E-state index in [2.05, 4.69) is 38.7 Å². The van der Waals surface area contributed by atoms with Crippen LogP contribution in [0.25, 0.3) is 10.9 Å². The second-order valence-electron chi connectivity index (χ2n) is 9.37. The molecule has 3 heterocycles. The first kappa shape index (κ1) is 26.3. The molecule has 9 heteroatoms. The number of methoxy groups -OCH3 is 1. The zero-order chi connectivity index (χ0) is 27.2. The number of rotatable bonds is 10. The van der Waals surface area contributed by atoms with E-state index in [1.165, 1.54) is 7.11 Å². The Hall–Kier alpha value is -4.27. The lowest BCUT2D eigenvalue weighted by molar-refractivity contribution is -0.141. The summed E-state index contributed by atoms with van der Waals surface area (Å²) < 4.78 is 6.62. The van der Waals surface area contributed by atoms with Crippen LogP contribution in [0.3, 0.4) is 0 Å². The lowest BCUT2D eigenvalue weighted by Gasteiger charge is -2.17. The standard InChI is InChI=1S/C30H28ClN5O3/c1-39-29(38)15-27(30-25-14-24(31)9-10-26(25)34-35-30)33-18-23-13-22(16-32-17-23)12-20-5-7-21(8-6-20)19-36-11-3-2-4-28(36)37/h2-11,13-14,16-17,27,33H,12,15,18-19H2,1H3,(H,34,35). The molecule has 1 unspecified atom stereocenters. The van der Waals surface area contributed by atoms with E-state index >= 15 is 0 Å². The van der Waals surface area contributed by atoms with Crippen LogP contribution >= 0.6 is 11.6 Å². The Kier molecular flexibility index (Phi) is 8.15. The summed E-state index contributed by atoms with van der Waals surface area (Å²) in [4.78, 5) is 28.6. The molecule has 0 spiro atoms. The van der Waals surface area contributed by atoms with E-state index in [0.29, 0.717) is 18.1 Å². The highest BCUT2D eigenvalue weighted by molar-refractivity contribution is 6.31. The molecule has 0 saturated carbocycles. The first-order valence-corrected chi connectivity index (χ1v) is 13.0. The summed E-state index contributed by atoms with van der Waals surface area (Å²) in [7, 11) is 1.38. The van der Waals surface area contributed by atoms with Crippen LogP contribution in [0, 0.1) is 0 Å². The number of fused-ring (bicyclic) bond motifs is 1. The molecule has 198 valence electrons. The van der Waals surface area contributed by atoms with Gasteiger partial charge in [0, 0.05) is 41.6 Å². The lowest BCUT2D eigenvalue weighted by atomic mass is 10.0. The number of benzene rings is 2. The summed E-state index contributed by atoms with van der Waals surface area (Å²) in [6.07, 6.45) is 6.32. The van der Waals surface area contributed by atoms with Crippen molar-refractivity contribution >= 4 is 28.5 Å². The van der Waals surface area contributed by atoms with Gasteiger partial charge in [-0.15, -0.1) is 0 Å². The third kappa shape index (κ3) is 6.60. The minimum atomic E-state index is -0.353. The second kappa shape index (κ2) is 12.1. The predicted octanol–water partition coefficient (Wildman–Crippen LogP) is 4.81. The zero-order valence-corrected chi connectivity index (χ0v) is 22.2. The first-order chi connectivity index (χ1) is 19.0. The number of esters is 1. The third-order valence-corrected chi connectivity index (χ3v) is 6.81. The number of carbonyl (C=O) groups excluding carboxylic acids is 1. The topological polar surface area (TPSA) is 102 Å². The van der Waals surface area contributed by atoms with Crippen LogP contribution in [-0.4, -0.2) is 32.8 Å². The normalized spacial score (nSPS) is 11.9. The molecular formula is C30H28ClN5O3. The van der Waals surface area contributed by atoms with Gasteiger partial charge in [-0.25, -0.2) is 0 Å². The van der Waals surface area contributed by atoms with Gasteiger partial charge in [0.05, 0.1) is 37.3 Å². The molecular weight excluding hydrogens is 514 g/mol. The molecule has 0 fully saturated rings. The van der Waals surface area contributed by atoms with Crippen LogP contribution in [0.2, 0.25) is 5.02 Å². The molecule has 0 aliphatic rings. The number of nitrogens with one attached hydrogen (secondary N) is 2. The number of carbonyl (C=O) groups is 1. The van der Waals surface area contributed by atoms with Crippen LogP contribution in [0.5, 0.6) is 0 Å². The molecule has 8 nitrogen and oxygen atoms in total. The van der Waals surface area contributed by atoms with Crippen LogP contribution in [0.1, 0.15) is 40.4 Å². The second-order valence-corrected chi connectivity index (χ2v) is 9.81. The van der Waals surface area contributed by atoms with E-state index in [4.69, 9.17) is 16.3 Å². The zero-order valence-electron chi connectivity index (χ0n) is 21.4. The molecule has 2 aromatic carbocycles. The Bertz CT molecular complexity index is 1640. The van der Waals surface area contributed by atoms with Crippen molar-refractivity contribution in [2.45, 2.75) is 32.0 Å². The molecule has 0 saturated heterocycles. The quantitative estimate of drug-likeness (QED) is 0.246. The maximum Gasteiger partial charge on any atom is 0.307 e. The van der Waals surface area contributed by atoms with E-state index in [9.17, 15) is 9.59 Å². The maximum atomic E-state index is 12.2. The minimum absolute atomic E-state index is 0.0172. The summed E-state index contributed by atoms with van der Waals surface area (Å²) in [5.74, 6) is -0.329. The number of ether oxygens (including phenoxy) is 1. The Morgan fingerprint density at radius 3 is 2.62 bits per heavy atom. The monoisotopic (exact) mass is 541 g/mol. The molecule has 0 bridgehead atoms. The number of aromatic nitrogens is 4. The molecule has 5 aromatic rings. The molecule has 5 rings (SSSR count). The van der Waals surface area contributed by atoms with Gasteiger partial charge in [-0.05, 0) is 52.9 Å². The van der Waals surface area contributed by atoms with E-state index in [0.717, 1.165) is 45.3 Å². The molecule has 0 radical (unpaired) electrons. The first-order valence-electron chi connectivity index (χ1n) is 12.6. The fourth-order valence-corrected chi connectivity index (χ4v) is 4.73. The van der Waals surface area contributed by atoms with Gasteiger partial charge in [0.25, 0.3) is 5.56 Å². The number of halogens is 1. The third-order valence-electron chi connectivity index (χ3n) is 6.58. The average molecular weight is 542 g/mol. The number of pyridine rings is 2. The summed E-state index contributed by atoms with van der Waals surface area (Å²) in [6, 6.07) is 20.6. The van der Waals surface area contributed by atoms with Gasteiger partial charge >= 0.3 is 5.97 Å². The fourth-order valence-electron chi connectivity index (χ4n) is 4.56. The van der Waals surface area contributed by atoms with Gasteiger partial charge in [-0.1, -0.05) is 48.0 Å². The van der Waals surface area contributed by atoms with Crippen LogP contribution in [-0.2, 0) is 29.0 Å². The highest BCUT2D eigenvalue weighted by Gasteiger charge is 2.21. The van der Waals surface area contributed by atoms with E-state index in [1.54, 1.807) is 29.0 Å². The largest absolute Gasteiger partial charge is 0.469 e. The molecule has 0 aliphatic heterocycles. The molecule has 0 aliphatic carbocycles. The van der Waals surface area contributed by atoms with Crippen molar-refractivity contribution in [3.63, 3.8) is 0 Å². The summed E-state index contributed by atoms with van der Waals surface area (Å²) >= 11 is 6.22. The van der Waals surface area contributed by atoms with Crippen molar-refractivity contribution in [1.29, 1.82) is 0 Å². The Morgan fingerprint density at radius 1 is 1.03 bits per heavy atom. The summed E-state index contributed by atoms with van der Waals surface area (Å²) in [5, 5.41) is 12.3. The minimum Gasteiger partial charge on any atom is -0.469 e. The van der Waals surface area contributed by atoms with Gasteiger partial charge < -0.3 is 14.6 Å². The highest BCUT2D eigenvalue weighted by Crippen LogP contribution is 2.27. The Morgan fingerprint density at radius 2 is 1.82 bits per heavy atom. The maximum absolute atomic E-state index is 12.2. The van der Waals surface area contributed by atoms with Crippen molar-refractivity contribution in [3.8, 4) is 0 Å². The SMILES string of the molecule is COC(=O)CC(NCc1cncc(Cc2ccc(Cn3ccccc3=O)cc2)c1)c1[nH]nc2ccc(Cl)cc12. The molecule has 0 amide bonds. The average Bonchev–Trinajstić information content (AvgIpc) is 3.36. The molecule has 39 heavy (non-hydrogen) atoms. The predicted molar refractivity (Wildman–Crippen MR) is 151 cm³/mol. The summed E-state index contributed by atoms with van der Waals surface area (Å²) in [5.41, 5.74) is 5.81. The lowest BCUT2D eigenvalue weighted by Crippen LogP contribution is -2.25. The van der Waals surface area contributed by atoms with Crippen molar-refractivity contribution < 1.29 is 9.53 Å². The number of nitrogens with zero attached hydrogens (tertiary/aromatic N) is 3. The van der Waals surface area contributed by atoms with Crippen molar-refractivity contribution in [3.05, 3.63) is 129 Å². The van der Waals surface area contributed by atoms with Crippen LogP contribution in [0.15, 0.2) is 90.1 Å². The van der Waals surface area contributed by atoms with E-state index < -0.39 is 0 Å². The Labute approximate surface area is 230 Å². The number of aromatic amines is 1. The molecule has 1 atom stereocenters. The summed E-state index contributed by atoms with van der Waals surface area (Å²) in [6.45, 7) is 1.03. The van der Waals surface area contributed by atoms with Crippen molar-refractivity contribution in [2.24, 2.45) is 0 Å². The van der Waals surface area contributed by atoms with Gasteiger partial charge in [0.2, 0.25) is 0 Å². The van der Waals surface area contributed by atoms with Crippen molar-refractivity contribution in [1.82, 2.24) is 25.1 Å². The number of hydrogen-bond donors (Lipinski definition) is 2. The van der Waals surface area contributed by atoms with Crippen molar-refractivity contribution in [2.75, 3.05) is 7.11 Å². The fraction of sp³-hybridized carbons (Fsp3) is 0.200. The molecule has 3 aromatic heterocycles. The Balaban J connectivity index is 1.27. The van der Waals surface area contributed by atoms with Crippen LogP contribution in [0.4, 0.5) is 0 Å². The van der Waals surface area contributed by atoms with Gasteiger partial charge in [-0.3, -0.25) is 19.7 Å². The van der Waals surface area contributed by atoms with E-state index in [1.807, 2.05) is 42.7 Å². The smallest absolute Gasteiger partial charge is 0.307 e. The highest BCUT2D eigenvalue weighted by atomic mass is 35.5. The van der Waals surface area contributed by atoms with Gasteiger partial charge in [-0.2, -0.15) is 5.10 Å². The van der Waals surface area contributed by atoms with E-state index in [-0.39, 0.29) is 24.0 Å². The van der Waals surface area contributed by atoms with Gasteiger partial charge in [0.1, 0.15) is 0 Å². The van der Waals surface area contributed by atoms with Gasteiger partial charge in [0.15, 0.2) is 0 Å². The number of hydrogen-bond acceptors (Lipinski definition) is 6.